The Labute approximate surface area is 186 Å². The van der Waals surface area contributed by atoms with E-state index < -0.39 is 17.5 Å². The van der Waals surface area contributed by atoms with Gasteiger partial charge in [0.1, 0.15) is 23.0 Å². The zero-order valence-corrected chi connectivity index (χ0v) is 14.2. The molecule has 1 spiro atoms. The van der Waals surface area contributed by atoms with Crippen LogP contribution in [-0.2, 0) is 10.3 Å². The minimum absolute atomic E-state index is 0. The van der Waals surface area contributed by atoms with Gasteiger partial charge >= 0.3 is 41.5 Å². The molecule has 3 aromatic rings. The predicted octanol–water partition coefficient (Wildman–Crippen LogP) is 2.72. The topological polar surface area (TPSA) is 113 Å². The summed E-state index contributed by atoms with van der Waals surface area (Å²) in [6, 6.07) is 12.9. The predicted molar refractivity (Wildman–Crippen MR) is 102 cm³/mol. The molecule has 5 rings (SSSR count). The van der Waals surface area contributed by atoms with Crippen LogP contribution in [0.25, 0.3) is 0 Å². The molecule has 8 heteroatoms. The van der Waals surface area contributed by atoms with E-state index >= 15 is 0 Å². The molecule has 3 N–H and O–H groups in total. The number of hydrogen-bond acceptors (Lipinski definition) is 6. The van der Waals surface area contributed by atoms with Crippen LogP contribution >= 0.6 is 0 Å². The number of rotatable bonds is 1. The van der Waals surface area contributed by atoms with Gasteiger partial charge in [-0.15, -0.1) is 0 Å². The first kappa shape index (κ1) is 19.3. The van der Waals surface area contributed by atoms with Crippen LogP contribution in [0, 0.1) is 0 Å². The van der Waals surface area contributed by atoms with Crippen LogP contribution in [0.3, 0.4) is 0 Å². The van der Waals surface area contributed by atoms with Crippen LogP contribution in [0.5, 0.6) is 23.0 Å². The Morgan fingerprint density at radius 1 is 0.828 bits per heavy atom. The normalized spacial score (nSPS) is 14.7. The number of carbonyl (C=O) groups excluding carboxylic acids is 1. The van der Waals surface area contributed by atoms with Gasteiger partial charge < -0.3 is 24.8 Å². The Bertz CT molecular complexity index is 1150. The molecule has 0 bridgehead atoms. The second kappa shape index (κ2) is 6.52. The van der Waals surface area contributed by atoms with E-state index in [0.29, 0.717) is 16.7 Å². The molecule has 0 unspecified atom stereocenters. The number of esters is 1. The first-order valence-corrected chi connectivity index (χ1v) is 8.36. The zero-order valence-electron chi connectivity index (χ0n) is 14.2. The SMILES string of the molecule is O=C(O)c1ccc2c(c1)C1(OC2=O)c2ccc(O)cc2Oc2cc(O)ccc21.[NaH]. The Kier molecular flexibility index (Phi) is 4.34. The quantitative estimate of drug-likeness (QED) is 0.425. The van der Waals surface area contributed by atoms with E-state index in [1.807, 2.05) is 0 Å². The molecule has 0 aliphatic carbocycles. The van der Waals surface area contributed by atoms with Crippen LogP contribution in [0.1, 0.15) is 37.4 Å². The molecule has 2 aliphatic heterocycles. The van der Waals surface area contributed by atoms with E-state index in [1.165, 1.54) is 42.5 Å². The van der Waals surface area contributed by atoms with Crippen molar-refractivity contribution in [3.8, 4) is 23.0 Å². The van der Waals surface area contributed by atoms with E-state index in [2.05, 4.69) is 0 Å². The number of carboxylic acids is 1. The maximum atomic E-state index is 12.7. The number of fused-ring (bicyclic) bond motifs is 6. The number of carboxylic acid groups (broad SMARTS) is 1. The summed E-state index contributed by atoms with van der Waals surface area (Å²) in [6.07, 6.45) is 0. The Morgan fingerprint density at radius 3 is 1.97 bits per heavy atom. The first-order chi connectivity index (χ1) is 13.4. The number of aromatic hydroxyl groups is 2. The number of phenolic OH excluding ortho intramolecular Hbond substituents is 2. The fourth-order valence-electron chi connectivity index (χ4n) is 3.83. The zero-order chi connectivity index (χ0) is 19.6. The molecule has 140 valence electrons. The van der Waals surface area contributed by atoms with Crippen molar-refractivity contribution in [3.05, 3.63) is 82.4 Å². The fourth-order valence-corrected chi connectivity index (χ4v) is 3.83. The van der Waals surface area contributed by atoms with Gasteiger partial charge in [0.05, 0.1) is 11.1 Å². The number of aromatic carboxylic acids is 1. The van der Waals surface area contributed by atoms with Gasteiger partial charge in [0, 0.05) is 28.8 Å². The second-order valence-corrected chi connectivity index (χ2v) is 6.60. The van der Waals surface area contributed by atoms with Crippen LogP contribution in [-0.4, -0.2) is 56.8 Å². The summed E-state index contributed by atoms with van der Waals surface area (Å²) in [6.45, 7) is 0. The molecule has 0 atom stereocenters. The van der Waals surface area contributed by atoms with Crippen molar-refractivity contribution >= 4 is 41.5 Å². The summed E-state index contributed by atoms with van der Waals surface area (Å²) in [7, 11) is 0. The average Bonchev–Trinajstić information content (AvgIpc) is 2.94. The van der Waals surface area contributed by atoms with Crippen molar-refractivity contribution in [2.45, 2.75) is 5.60 Å². The van der Waals surface area contributed by atoms with Crippen LogP contribution in [0.4, 0.5) is 0 Å². The molecule has 0 aromatic heterocycles. The fraction of sp³-hybridized carbons (Fsp3) is 0.0476. The van der Waals surface area contributed by atoms with Crippen molar-refractivity contribution in [3.63, 3.8) is 0 Å². The molecule has 7 nitrogen and oxygen atoms in total. The molecule has 0 amide bonds. The number of phenols is 2. The third-order valence-electron chi connectivity index (χ3n) is 5.02. The van der Waals surface area contributed by atoms with Crippen molar-refractivity contribution < 1.29 is 34.4 Å². The Morgan fingerprint density at radius 2 is 1.41 bits per heavy atom. The summed E-state index contributed by atoms with van der Waals surface area (Å²) >= 11 is 0. The van der Waals surface area contributed by atoms with Gasteiger partial charge in [-0.25, -0.2) is 9.59 Å². The first-order valence-electron chi connectivity index (χ1n) is 8.36. The molecule has 0 fully saturated rings. The molecular formula is C21H13NaO7. The maximum absolute atomic E-state index is 12.7. The van der Waals surface area contributed by atoms with Gasteiger partial charge in [-0.3, -0.25) is 0 Å². The summed E-state index contributed by atoms with van der Waals surface area (Å²) in [5, 5.41) is 29.2. The number of benzene rings is 3. The third kappa shape index (κ3) is 2.62. The Hall–Kier alpha value is -3.00. The van der Waals surface area contributed by atoms with Gasteiger partial charge in [-0.2, -0.15) is 0 Å². The van der Waals surface area contributed by atoms with E-state index in [9.17, 15) is 24.9 Å². The van der Waals surface area contributed by atoms with E-state index in [4.69, 9.17) is 9.47 Å². The molecular weight excluding hydrogens is 387 g/mol. The molecule has 0 saturated heterocycles. The molecule has 3 aromatic carbocycles. The van der Waals surface area contributed by atoms with Crippen LogP contribution in [0.2, 0.25) is 0 Å². The van der Waals surface area contributed by atoms with Gasteiger partial charge in [-0.1, -0.05) is 0 Å². The van der Waals surface area contributed by atoms with E-state index in [-0.39, 0.29) is 63.7 Å². The number of hydrogen-bond donors (Lipinski definition) is 3. The number of ether oxygens (including phenoxy) is 2. The molecule has 0 radical (unpaired) electrons. The van der Waals surface area contributed by atoms with Crippen LogP contribution < -0.4 is 4.74 Å². The summed E-state index contributed by atoms with van der Waals surface area (Å²) in [4.78, 5) is 24.2. The van der Waals surface area contributed by atoms with E-state index in [0.717, 1.165) is 0 Å². The molecule has 2 heterocycles. The van der Waals surface area contributed by atoms with Crippen molar-refractivity contribution in [1.82, 2.24) is 0 Å². The van der Waals surface area contributed by atoms with Crippen LogP contribution in [0.15, 0.2) is 54.6 Å². The molecule has 29 heavy (non-hydrogen) atoms. The minimum atomic E-state index is -1.46. The van der Waals surface area contributed by atoms with Gasteiger partial charge in [-0.05, 0) is 42.5 Å². The number of carbonyl (C=O) groups is 2. The molecule has 0 saturated carbocycles. The summed E-state index contributed by atoms with van der Waals surface area (Å²) in [5.41, 5.74) is 0.0340. The van der Waals surface area contributed by atoms with Gasteiger partial charge in [0.25, 0.3) is 0 Å². The third-order valence-corrected chi connectivity index (χ3v) is 5.02. The summed E-state index contributed by atoms with van der Waals surface area (Å²) < 4.78 is 11.7. The van der Waals surface area contributed by atoms with Gasteiger partial charge in [0.2, 0.25) is 0 Å². The van der Waals surface area contributed by atoms with Gasteiger partial charge in [0.15, 0.2) is 5.60 Å². The second-order valence-electron chi connectivity index (χ2n) is 6.60. The average molecular weight is 400 g/mol. The molecule has 2 aliphatic rings. The van der Waals surface area contributed by atoms with Crippen molar-refractivity contribution in [2.75, 3.05) is 0 Å². The van der Waals surface area contributed by atoms with Crippen molar-refractivity contribution in [2.24, 2.45) is 0 Å². The monoisotopic (exact) mass is 400 g/mol. The Balaban J connectivity index is 0.00000205. The van der Waals surface area contributed by atoms with E-state index in [1.54, 1.807) is 12.1 Å². The van der Waals surface area contributed by atoms with Crippen molar-refractivity contribution in [1.29, 1.82) is 0 Å². The summed E-state index contributed by atoms with van der Waals surface area (Å²) in [5.74, 6) is -1.38. The standard InChI is InChI=1S/C21H12O7.Na.H/c22-11-2-5-14-17(8-11)27-18-9-12(23)3-6-15(18)21(14)16-7-10(19(24)25)1-4-13(16)20(26)28-21;;/h1-9,22-23H,(H,24,25);;.